The van der Waals surface area contributed by atoms with E-state index in [2.05, 4.69) is 26.1 Å². The van der Waals surface area contributed by atoms with E-state index in [0.29, 0.717) is 13.1 Å². The molecule has 1 aromatic carbocycles. The van der Waals surface area contributed by atoms with Gasteiger partial charge in [-0.3, -0.25) is 4.79 Å². The van der Waals surface area contributed by atoms with Crippen LogP contribution in [-0.2, 0) is 4.79 Å². The van der Waals surface area contributed by atoms with Crippen LogP contribution in [-0.4, -0.2) is 25.5 Å². The molecule has 0 bridgehead atoms. The monoisotopic (exact) mass is 297 g/mol. The Bertz CT molecular complexity index is 434. The van der Waals surface area contributed by atoms with Gasteiger partial charge in [-0.2, -0.15) is 0 Å². The fraction of sp³-hybridized carbons (Fsp3) is 0.417. The van der Waals surface area contributed by atoms with Crippen molar-refractivity contribution in [1.29, 1.82) is 0 Å². The maximum Gasteiger partial charge on any atom is 0.239 e. The predicted molar refractivity (Wildman–Crippen MR) is 72.0 cm³/mol. The van der Waals surface area contributed by atoms with Crippen LogP contribution in [0.5, 0.6) is 0 Å². The maximum atomic E-state index is 11.3. The summed E-state index contributed by atoms with van der Waals surface area (Å²) in [5, 5.41) is 2.81. The van der Waals surface area contributed by atoms with E-state index in [1.807, 2.05) is 25.1 Å². The molecular weight excluding hydrogens is 282 g/mol. The minimum absolute atomic E-state index is 0.0185. The Hall–Kier alpha value is -1.07. The number of hydrogen-bond acceptors (Lipinski definition) is 3. The Kier molecular flexibility index (Phi) is 3.69. The largest absolute Gasteiger partial charge is 0.360 e. The van der Waals surface area contributed by atoms with Gasteiger partial charge in [-0.25, -0.2) is 0 Å². The van der Waals surface area contributed by atoms with Gasteiger partial charge < -0.3 is 16.0 Å². The Morgan fingerprint density at radius 1 is 1.53 bits per heavy atom. The van der Waals surface area contributed by atoms with Crippen LogP contribution < -0.4 is 16.0 Å². The highest BCUT2D eigenvalue weighted by Gasteiger charge is 2.18. The predicted octanol–water partition coefficient (Wildman–Crippen LogP) is 1.41. The summed E-state index contributed by atoms with van der Waals surface area (Å²) in [6.07, 6.45) is 0. The summed E-state index contributed by atoms with van der Waals surface area (Å²) in [6, 6.07) is 6.07. The number of benzene rings is 1. The summed E-state index contributed by atoms with van der Waals surface area (Å²) in [5.74, 6) is 0.0689. The Balaban J connectivity index is 2.23. The molecule has 1 amide bonds. The molecule has 1 heterocycles. The van der Waals surface area contributed by atoms with Crippen LogP contribution in [0, 0.1) is 0 Å². The van der Waals surface area contributed by atoms with E-state index in [1.54, 1.807) is 0 Å². The van der Waals surface area contributed by atoms with Gasteiger partial charge in [0.15, 0.2) is 0 Å². The first-order chi connectivity index (χ1) is 8.08. The molecule has 1 atom stereocenters. The van der Waals surface area contributed by atoms with Crippen LogP contribution in [0.25, 0.3) is 0 Å². The Morgan fingerprint density at radius 2 is 2.29 bits per heavy atom. The summed E-state index contributed by atoms with van der Waals surface area (Å²) in [5.41, 5.74) is 7.97. The zero-order valence-electron chi connectivity index (χ0n) is 9.74. The average molecular weight is 298 g/mol. The first kappa shape index (κ1) is 12.4. The first-order valence-corrected chi connectivity index (χ1v) is 6.44. The molecule has 17 heavy (non-hydrogen) atoms. The highest BCUT2D eigenvalue weighted by atomic mass is 79.9. The number of nitrogens with zero attached hydrogens (tertiary/aromatic N) is 1. The van der Waals surface area contributed by atoms with Crippen LogP contribution in [0.2, 0.25) is 0 Å². The minimum Gasteiger partial charge on any atom is -0.360 e. The van der Waals surface area contributed by atoms with Gasteiger partial charge in [0.05, 0.1) is 12.2 Å². The molecule has 1 unspecified atom stereocenters. The smallest absolute Gasteiger partial charge is 0.239 e. The van der Waals surface area contributed by atoms with Gasteiger partial charge in [0.2, 0.25) is 5.91 Å². The number of carbonyl (C=O) groups is 1. The van der Waals surface area contributed by atoms with Crippen molar-refractivity contribution in [2.45, 2.75) is 13.0 Å². The van der Waals surface area contributed by atoms with E-state index >= 15 is 0 Å². The molecule has 4 nitrogen and oxygen atoms in total. The van der Waals surface area contributed by atoms with Crippen LogP contribution >= 0.6 is 15.9 Å². The van der Waals surface area contributed by atoms with E-state index in [0.717, 1.165) is 22.3 Å². The number of hydrogen-bond donors (Lipinski definition) is 2. The molecule has 3 N–H and O–H groups in total. The lowest BCUT2D eigenvalue weighted by atomic mass is 10.1. The quantitative estimate of drug-likeness (QED) is 0.868. The summed E-state index contributed by atoms with van der Waals surface area (Å²) in [7, 11) is 0. The summed E-state index contributed by atoms with van der Waals surface area (Å²) >= 11 is 3.54. The molecule has 5 heteroatoms. The van der Waals surface area contributed by atoms with Gasteiger partial charge in [0.1, 0.15) is 0 Å². The average Bonchev–Trinajstić information content (AvgIpc) is 2.28. The topological polar surface area (TPSA) is 58.4 Å². The summed E-state index contributed by atoms with van der Waals surface area (Å²) < 4.78 is 0.988. The third kappa shape index (κ3) is 2.79. The Morgan fingerprint density at radius 3 is 2.88 bits per heavy atom. The van der Waals surface area contributed by atoms with Crippen molar-refractivity contribution in [2.24, 2.45) is 5.73 Å². The van der Waals surface area contributed by atoms with E-state index in [4.69, 9.17) is 5.73 Å². The molecule has 1 aliphatic rings. The highest BCUT2D eigenvalue weighted by molar-refractivity contribution is 9.10. The number of carbonyl (C=O) groups excluding carboxylic acids is 1. The minimum atomic E-state index is 0.0185. The molecule has 0 saturated carbocycles. The number of nitrogens with two attached hydrogens (primary N) is 1. The molecule has 1 fully saturated rings. The van der Waals surface area contributed by atoms with Gasteiger partial charge in [-0.1, -0.05) is 6.07 Å². The molecule has 0 radical (unpaired) electrons. The lowest BCUT2D eigenvalue weighted by Crippen LogP contribution is -2.47. The van der Waals surface area contributed by atoms with Crippen molar-refractivity contribution < 1.29 is 4.79 Å². The lowest BCUT2D eigenvalue weighted by molar-refractivity contribution is -0.120. The number of rotatable bonds is 2. The van der Waals surface area contributed by atoms with Crippen molar-refractivity contribution >= 4 is 27.5 Å². The van der Waals surface area contributed by atoms with Crippen LogP contribution in [0.1, 0.15) is 18.5 Å². The molecule has 92 valence electrons. The number of nitrogens with one attached hydrogen (secondary N) is 1. The van der Waals surface area contributed by atoms with Gasteiger partial charge >= 0.3 is 0 Å². The third-order valence-corrected chi connectivity index (χ3v) is 3.51. The van der Waals surface area contributed by atoms with Crippen LogP contribution in [0.3, 0.4) is 0 Å². The van der Waals surface area contributed by atoms with Gasteiger partial charge in [-0.05, 0) is 40.5 Å². The fourth-order valence-corrected chi connectivity index (χ4v) is 2.55. The second-order valence-corrected chi connectivity index (χ2v) is 5.13. The van der Waals surface area contributed by atoms with Crippen molar-refractivity contribution in [3.63, 3.8) is 0 Å². The third-order valence-electron chi connectivity index (χ3n) is 2.88. The maximum absolute atomic E-state index is 11.3. The molecule has 1 aliphatic heterocycles. The number of amides is 1. The van der Waals surface area contributed by atoms with Crippen molar-refractivity contribution in [3.8, 4) is 0 Å². The molecule has 1 aromatic rings. The van der Waals surface area contributed by atoms with Crippen molar-refractivity contribution in [3.05, 3.63) is 28.2 Å². The molecule has 0 aliphatic carbocycles. The molecule has 0 aromatic heterocycles. The summed E-state index contributed by atoms with van der Waals surface area (Å²) in [4.78, 5) is 13.4. The van der Waals surface area contributed by atoms with E-state index in [1.165, 1.54) is 0 Å². The van der Waals surface area contributed by atoms with E-state index in [-0.39, 0.29) is 11.9 Å². The van der Waals surface area contributed by atoms with Crippen LogP contribution in [0.4, 0.5) is 5.69 Å². The fourth-order valence-electron chi connectivity index (χ4n) is 1.91. The normalized spacial score (nSPS) is 17.8. The SMILES string of the molecule is CC(N)c1ccc(N2CCNC(=O)C2)c(Br)c1. The lowest BCUT2D eigenvalue weighted by Gasteiger charge is -2.29. The zero-order valence-corrected chi connectivity index (χ0v) is 11.3. The van der Waals surface area contributed by atoms with Gasteiger partial charge in [-0.15, -0.1) is 0 Å². The molecular formula is C12H16BrN3O. The molecule has 0 spiro atoms. The van der Waals surface area contributed by atoms with Crippen LogP contribution in [0.15, 0.2) is 22.7 Å². The van der Waals surface area contributed by atoms with Gasteiger partial charge in [0.25, 0.3) is 0 Å². The second kappa shape index (κ2) is 5.06. The van der Waals surface area contributed by atoms with E-state index < -0.39 is 0 Å². The standard InChI is InChI=1S/C12H16BrN3O/c1-8(14)9-2-3-11(10(13)6-9)16-5-4-15-12(17)7-16/h2-3,6,8H,4-5,7,14H2,1H3,(H,15,17). The van der Waals surface area contributed by atoms with Crippen molar-refractivity contribution in [2.75, 3.05) is 24.5 Å². The number of piperazine rings is 1. The summed E-state index contributed by atoms with van der Waals surface area (Å²) in [6.45, 7) is 3.90. The van der Waals surface area contributed by atoms with Crippen molar-refractivity contribution in [1.82, 2.24) is 5.32 Å². The molecule has 2 rings (SSSR count). The highest BCUT2D eigenvalue weighted by Crippen LogP contribution is 2.29. The first-order valence-electron chi connectivity index (χ1n) is 5.64. The Labute approximate surface area is 109 Å². The zero-order chi connectivity index (χ0) is 12.4. The number of halogens is 1. The van der Waals surface area contributed by atoms with Gasteiger partial charge in [0, 0.05) is 23.6 Å². The second-order valence-electron chi connectivity index (χ2n) is 4.27. The van der Waals surface area contributed by atoms with E-state index in [9.17, 15) is 4.79 Å². The molecule has 1 saturated heterocycles. The number of anilines is 1.